The minimum absolute atomic E-state index is 0.0536. The van der Waals surface area contributed by atoms with Crippen molar-refractivity contribution >= 4 is 18.0 Å². The summed E-state index contributed by atoms with van der Waals surface area (Å²) in [4.78, 5) is 41.3. The molecule has 1 aliphatic rings. The molecule has 1 aliphatic heterocycles. The molecule has 9 heteroatoms. The Labute approximate surface area is 250 Å². The Balaban J connectivity index is 1.68. The lowest BCUT2D eigenvalue weighted by Gasteiger charge is -2.38. The average molecular weight is 583 g/mol. The van der Waals surface area contributed by atoms with Gasteiger partial charge in [0.1, 0.15) is 11.2 Å². The van der Waals surface area contributed by atoms with Crippen LogP contribution in [0.15, 0.2) is 54.9 Å². The molecule has 0 spiro atoms. The van der Waals surface area contributed by atoms with E-state index >= 15 is 0 Å². The van der Waals surface area contributed by atoms with Crippen molar-refractivity contribution in [3.05, 3.63) is 66.0 Å². The van der Waals surface area contributed by atoms with E-state index in [2.05, 4.69) is 24.4 Å². The quantitative estimate of drug-likeness (QED) is 0.315. The summed E-state index contributed by atoms with van der Waals surface area (Å²) in [5.41, 5.74) is 0.241. The lowest BCUT2D eigenvalue weighted by molar-refractivity contribution is -0.727. The lowest BCUT2D eigenvalue weighted by atomic mass is 9.87. The summed E-state index contributed by atoms with van der Waals surface area (Å²) in [5.74, 6) is -0.865. The standard InChI is InChI=1S/C33H47N3O6/c1-23(25-15-10-9-11-16-25)27-18-12-13-20-36(27)31(39)40-22-35-19-14-17-26(21-35)29(37)34-28(24(2)41-32(3,4)5)30(38)42-33(6,7)8/h9-11,14-17,19,21,23-24,27-28H,12-13,18,20,22H2,1-8H3/p+1/t23-,24?,27-,28+/m1/s1. The number of nitrogens with one attached hydrogen (secondary N) is 1. The number of likely N-dealkylation sites (tertiary alicyclic amines) is 1. The number of carbonyl (C=O) groups is 3. The first-order valence-corrected chi connectivity index (χ1v) is 14.8. The summed E-state index contributed by atoms with van der Waals surface area (Å²) in [6.45, 7) is 15.4. The van der Waals surface area contributed by atoms with E-state index in [9.17, 15) is 14.4 Å². The van der Waals surface area contributed by atoms with Crippen LogP contribution in [-0.4, -0.2) is 58.8 Å². The van der Waals surface area contributed by atoms with Crippen molar-refractivity contribution in [2.24, 2.45) is 0 Å². The highest BCUT2D eigenvalue weighted by Gasteiger charge is 2.35. The second-order valence-electron chi connectivity index (χ2n) is 13.0. The van der Waals surface area contributed by atoms with Crippen LogP contribution in [0.5, 0.6) is 0 Å². The first-order valence-electron chi connectivity index (χ1n) is 14.8. The number of rotatable bonds is 9. The topological polar surface area (TPSA) is 98.0 Å². The number of pyridine rings is 1. The van der Waals surface area contributed by atoms with Crippen molar-refractivity contribution in [2.45, 2.75) is 117 Å². The lowest BCUT2D eigenvalue weighted by Crippen LogP contribution is -2.52. The molecule has 4 atom stereocenters. The number of ether oxygens (including phenoxy) is 3. The van der Waals surface area contributed by atoms with Crippen LogP contribution in [0.1, 0.15) is 96.5 Å². The number of esters is 1. The first-order chi connectivity index (χ1) is 19.6. The number of carbonyl (C=O) groups excluding carboxylic acids is 3. The summed E-state index contributed by atoms with van der Waals surface area (Å²) in [5, 5.41) is 2.79. The molecule has 3 rings (SSSR count). The number of hydrogen-bond acceptors (Lipinski definition) is 6. The highest BCUT2D eigenvalue weighted by Crippen LogP contribution is 2.30. The van der Waals surface area contributed by atoms with Gasteiger partial charge >= 0.3 is 12.1 Å². The number of benzene rings is 1. The van der Waals surface area contributed by atoms with Crippen LogP contribution >= 0.6 is 0 Å². The van der Waals surface area contributed by atoms with Gasteiger partial charge in [-0.2, -0.15) is 4.57 Å². The molecular formula is C33H48N3O6+. The molecular weight excluding hydrogens is 534 g/mol. The summed E-state index contributed by atoms with van der Waals surface area (Å²) in [7, 11) is 0. The smallest absolute Gasteiger partial charge is 0.414 e. The summed E-state index contributed by atoms with van der Waals surface area (Å²) in [6, 6.07) is 12.6. The fraction of sp³-hybridized carbons (Fsp3) is 0.576. The van der Waals surface area contributed by atoms with E-state index in [1.165, 1.54) is 5.56 Å². The molecule has 1 unspecified atom stereocenters. The molecule has 0 saturated carbocycles. The second-order valence-corrected chi connectivity index (χ2v) is 13.0. The molecule has 0 bridgehead atoms. The Kier molecular flexibility index (Phi) is 11.1. The van der Waals surface area contributed by atoms with Crippen LogP contribution in [-0.2, 0) is 25.7 Å². The van der Waals surface area contributed by atoms with Gasteiger partial charge < -0.3 is 24.4 Å². The fourth-order valence-corrected chi connectivity index (χ4v) is 5.22. The zero-order valence-electron chi connectivity index (χ0n) is 26.4. The van der Waals surface area contributed by atoms with Crippen LogP contribution < -0.4 is 9.88 Å². The van der Waals surface area contributed by atoms with E-state index in [1.807, 2.05) is 43.9 Å². The van der Waals surface area contributed by atoms with Crippen molar-refractivity contribution in [1.29, 1.82) is 0 Å². The molecule has 1 saturated heterocycles. The molecule has 1 fully saturated rings. The van der Waals surface area contributed by atoms with Gasteiger partial charge in [0.25, 0.3) is 12.6 Å². The second kappa shape index (κ2) is 14.1. The molecule has 2 amide bonds. The highest BCUT2D eigenvalue weighted by atomic mass is 16.6. The minimum atomic E-state index is -1.02. The molecule has 2 aromatic rings. The van der Waals surface area contributed by atoms with Gasteiger partial charge in [0.15, 0.2) is 18.4 Å². The SMILES string of the molecule is CC(OC(C)(C)C)[C@H](NC(=O)c1ccc[n+](COC(=O)N2CCCC[C@@H]2[C@H](C)c2ccccc2)c1)C(=O)OC(C)(C)C. The van der Waals surface area contributed by atoms with Gasteiger partial charge in [0, 0.05) is 24.6 Å². The largest absolute Gasteiger partial charge is 0.458 e. The van der Waals surface area contributed by atoms with Gasteiger partial charge in [-0.05, 0) is 79.4 Å². The van der Waals surface area contributed by atoms with Gasteiger partial charge in [0.05, 0.1) is 11.7 Å². The fourth-order valence-electron chi connectivity index (χ4n) is 5.22. The normalized spacial score (nSPS) is 18.0. The molecule has 2 heterocycles. The van der Waals surface area contributed by atoms with E-state index in [0.717, 1.165) is 19.3 Å². The third-order valence-electron chi connectivity index (χ3n) is 7.10. The van der Waals surface area contributed by atoms with Crippen molar-refractivity contribution in [3.63, 3.8) is 0 Å². The summed E-state index contributed by atoms with van der Waals surface area (Å²) in [6.07, 6.45) is 5.22. The van der Waals surface area contributed by atoms with Gasteiger partial charge in [-0.25, -0.2) is 9.59 Å². The van der Waals surface area contributed by atoms with E-state index in [4.69, 9.17) is 14.2 Å². The average Bonchev–Trinajstić information content (AvgIpc) is 2.92. The van der Waals surface area contributed by atoms with Crippen LogP contribution in [0.4, 0.5) is 4.79 Å². The minimum Gasteiger partial charge on any atom is -0.458 e. The van der Waals surface area contributed by atoms with E-state index in [1.54, 1.807) is 56.8 Å². The first kappa shape index (κ1) is 33.0. The summed E-state index contributed by atoms with van der Waals surface area (Å²) < 4.78 is 18.9. The molecule has 9 nitrogen and oxygen atoms in total. The number of amides is 2. The van der Waals surface area contributed by atoms with Crippen molar-refractivity contribution < 1.29 is 33.2 Å². The summed E-state index contributed by atoms with van der Waals surface area (Å²) >= 11 is 0. The Bertz CT molecular complexity index is 1200. The molecule has 230 valence electrons. The van der Waals surface area contributed by atoms with E-state index in [0.29, 0.717) is 12.1 Å². The molecule has 1 N–H and O–H groups in total. The number of aromatic nitrogens is 1. The third-order valence-corrected chi connectivity index (χ3v) is 7.10. The van der Waals surface area contributed by atoms with Crippen molar-refractivity contribution in [2.75, 3.05) is 6.54 Å². The van der Waals surface area contributed by atoms with Gasteiger partial charge in [-0.3, -0.25) is 4.79 Å². The number of piperidine rings is 1. The molecule has 0 radical (unpaired) electrons. The Morgan fingerprint density at radius 1 is 0.976 bits per heavy atom. The maximum absolute atomic E-state index is 13.3. The molecule has 0 aliphatic carbocycles. The van der Waals surface area contributed by atoms with Crippen molar-refractivity contribution in [1.82, 2.24) is 10.2 Å². The predicted molar refractivity (Wildman–Crippen MR) is 160 cm³/mol. The Hall–Kier alpha value is -3.46. The zero-order chi connectivity index (χ0) is 31.1. The van der Waals surface area contributed by atoms with Crippen LogP contribution in [0, 0.1) is 0 Å². The van der Waals surface area contributed by atoms with Crippen LogP contribution in [0.2, 0.25) is 0 Å². The van der Waals surface area contributed by atoms with Crippen molar-refractivity contribution in [3.8, 4) is 0 Å². The monoisotopic (exact) mass is 582 g/mol. The van der Waals surface area contributed by atoms with Crippen LogP contribution in [0.3, 0.4) is 0 Å². The maximum Gasteiger partial charge on any atom is 0.414 e. The number of nitrogens with zero attached hydrogens (tertiary/aromatic N) is 2. The highest BCUT2D eigenvalue weighted by molar-refractivity contribution is 5.96. The van der Waals surface area contributed by atoms with E-state index in [-0.39, 0.29) is 24.8 Å². The number of hydrogen-bond donors (Lipinski definition) is 1. The third kappa shape index (κ3) is 9.82. The van der Waals surface area contributed by atoms with Gasteiger partial charge in [-0.1, -0.05) is 37.3 Å². The van der Waals surface area contributed by atoms with Gasteiger partial charge in [-0.15, -0.1) is 0 Å². The Morgan fingerprint density at radius 3 is 2.31 bits per heavy atom. The molecule has 42 heavy (non-hydrogen) atoms. The Morgan fingerprint density at radius 2 is 1.67 bits per heavy atom. The van der Waals surface area contributed by atoms with E-state index < -0.39 is 35.2 Å². The van der Waals surface area contributed by atoms with Gasteiger partial charge in [0.2, 0.25) is 0 Å². The predicted octanol–water partition coefficient (Wildman–Crippen LogP) is 5.37. The maximum atomic E-state index is 13.3. The molecule has 1 aromatic heterocycles. The molecule has 1 aromatic carbocycles. The van der Waals surface area contributed by atoms with Crippen LogP contribution in [0.25, 0.3) is 0 Å². The zero-order valence-corrected chi connectivity index (χ0v) is 26.4.